The maximum Gasteiger partial charge on any atom is 0.130 e. The van der Waals surface area contributed by atoms with Crippen molar-refractivity contribution in [2.45, 2.75) is 18.9 Å². The summed E-state index contributed by atoms with van der Waals surface area (Å²) in [6, 6.07) is 1.71. The number of rotatable bonds is 7. The van der Waals surface area contributed by atoms with Crippen molar-refractivity contribution >= 4 is 34.1 Å². The summed E-state index contributed by atoms with van der Waals surface area (Å²) in [5.74, 6) is 0.638. The number of aliphatic hydroxyl groups excluding tert-OH is 1. The number of nitrogens with two attached hydrogens (primary N) is 1. The van der Waals surface area contributed by atoms with Gasteiger partial charge in [-0.25, -0.2) is 0 Å². The van der Waals surface area contributed by atoms with Crippen LogP contribution in [0.4, 0.5) is 0 Å². The Hall–Kier alpha value is -1.73. The quantitative estimate of drug-likeness (QED) is 0.480. The molecule has 0 amide bonds. The molecular formula is C16H18Cl2N4O2. The van der Waals surface area contributed by atoms with Gasteiger partial charge in [0.15, 0.2) is 0 Å². The summed E-state index contributed by atoms with van der Waals surface area (Å²) in [6.07, 6.45) is 6.15. The normalized spacial score (nSPS) is 12.7. The second kappa shape index (κ2) is 7.44. The van der Waals surface area contributed by atoms with E-state index < -0.39 is 6.10 Å². The molecule has 3 aromatic rings. The van der Waals surface area contributed by atoms with E-state index in [1.165, 1.54) is 0 Å². The van der Waals surface area contributed by atoms with Crippen LogP contribution in [-0.2, 0) is 0 Å². The van der Waals surface area contributed by atoms with Crippen molar-refractivity contribution in [3.63, 3.8) is 0 Å². The van der Waals surface area contributed by atoms with Gasteiger partial charge in [-0.1, -0.05) is 23.2 Å². The molecule has 2 heterocycles. The van der Waals surface area contributed by atoms with Crippen LogP contribution in [-0.4, -0.2) is 39.5 Å². The van der Waals surface area contributed by atoms with Crippen LogP contribution < -0.4 is 10.5 Å². The van der Waals surface area contributed by atoms with Crippen molar-refractivity contribution in [1.82, 2.24) is 15.2 Å². The molecule has 0 aliphatic heterocycles. The predicted molar refractivity (Wildman–Crippen MR) is 95.7 cm³/mol. The summed E-state index contributed by atoms with van der Waals surface area (Å²) < 4.78 is 5.90. The molecule has 0 fully saturated rings. The zero-order valence-electron chi connectivity index (χ0n) is 12.9. The zero-order chi connectivity index (χ0) is 17.1. The third-order valence-electron chi connectivity index (χ3n) is 3.83. The summed E-state index contributed by atoms with van der Waals surface area (Å²) in [5, 5.41) is 18.0. The minimum atomic E-state index is -0.504. The molecule has 8 heteroatoms. The Labute approximate surface area is 148 Å². The van der Waals surface area contributed by atoms with Gasteiger partial charge in [0.1, 0.15) is 5.75 Å². The number of aliphatic hydroxyl groups is 1. The number of nitrogens with zero attached hydrogens (tertiary/aromatic N) is 1. The third kappa shape index (κ3) is 3.37. The molecule has 6 nitrogen and oxygen atoms in total. The standard InChI is InChI=1S/C16H18Cl2N4O2/c17-12-4-13(24-3-1-2-10(23)5-19)14-11(9-6-21-22-7-9)8-20-16(14)15(12)18/h4,6-8,10,20,23H,1-3,5,19H2,(H,21,22). The first kappa shape index (κ1) is 17.1. The first-order valence-corrected chi connectivity index (χ1v) is 8.36. The molecule has 0 radical (unpaired) electrons. The topological polar surface area (TPSA) is 100.0 Å². The molecule has 1 aromatic carbocycles. The fourth-order valence-corrected chi connectivity index (χ4v) is 2.98. The number of hydrogen-bond donors (Lipinski definition) is 4. The average molecular weight is 369 g/mol. The van der Waals surface area contributed by atoms with Crippen molar-refractivity contribution in [2.24, 2.45) is 5.73 Å². The highest BCUT2D eigenvalue weighted by Crippen LogP contribution is 2.42. The predicted octanol–water partition coefficient (Wildman–Crippen LogP) is 3.34. The minimum absolute atomic E-state index is 0.249. The van der Waals surface area contributed by atoms with Crippen molar-refractivity contribution in [2.75, 3.05) is 13.2 Å². The molecule has 128 valence electrons. The van der Waals surface area contributed by atoms with Gasteiger partial charge in [0.2, 0.25) is 0 Å². The maximum atomic E-state index is 9.51. The summed E-state index contributed by atoms with van der Waals surface area (Å²) in [7, 11) is 0. The van der Waals surface area contributed by atoms with E-state index >= 15 is 0 Å². The van der Waals surface area contributed by atoms with Gasteiger partial charge >= 0.3 is 0 Å². The highest BCUT2D eigenvalue weighted by Gasteiger charge is 2.17. The van der Waals surface area contributed by atoms with Crippen molar-refractivity contribution in [3.8, 4) is 16.9 Å². The van der Waals surface area contributed by atoms with Gasteiger partial charge in [-0.05, 0) is 12.8 Å². The maximum absolute atomic E-state index is 9.51. The minimum Gasteiger partial charge on any atom is -0.493 e. The molecule has 0 saturated carbocycles. The lowest BCUT2D eigenvalue weighted by Gasteiger charge is -2.12. The lowest BCUT2D eigenvalue weighted by atomic mass is 10.1. The van der Waals surface area contributed by atoms with E-state index in [0.29, 0.717) is 35.2 Å². The van der Waals surface area contributed by atoms with Crippen LogP contribution in [0.25, 0.3) is 22.0 Å². The van der Waals surface area contributed by atoms with E-state index in [1.54, 1.807) is 18.5 Å². The molecule has 1 unspecified atom stereocenters. The van der Waals surface area contributed by atoms with Crippen LogP contribution in [0.15, 0.2) is 24.7 Å². The number of halogens is 2. The first-order chi connectivity index (χ1) is 11.6. The molecule has 0 aliphatic carbocycles. The first-order valence-electron chi connectivity index (χ1n) is 7.61. The Bertz CT molecular complexity index is 817. The van der Waals surface area contributed by atoms with Crippen LogP contribution in [0.1, 0.15) is 12.8 Å². The summed E-state index contributed by atoms with van der Waals surface area (Å²) in [6.45, 7) is 0.694. The summed E-state index contributed by atoms with van der Waals surface area (Å²) >= 11 is 12.5. The number of benzene rings is 1. The zero-order valence-corrected chi connectivity index (χ0v) is 14.4. The average Bonchev–Trinajstić information content (AvgIpc) is 3.24. The van der Waals surface area contributed by atoms with Gasteiger partial charge in [0.05, 0.1) is 39.9 Å². The third-order valence-corrected chi connectivity index (χ3v) is 4.62. The van der Waals surface area contributed by atoms with Gasteiger partial charge in [-0.15, -0.1) is 0 Å². The van der Waals surface area contributed by atoms with E-state index in [0.717, 1.165) is 22.0 Å². The molecular weight excluding hydrogens is 351 g/mol. The highest BCUT2D eigenvalue weighted by molar-refractivity contribution is 6.45. The fourth-order valence-electron chi connectivity index (χ4n) is 2.58. The smallest absolute Gasteiger partial charge is 0.130 e. The number of ether oxygens (including phenoxy) is 1. The Balaban J connectivity index is 1.91. The Morgan fingerprint density at radius 1 is 1.33 bits per heavy atom. The molecule has 0 spiro atoms. The number of aromatic amines is 2. The molecule has 0 aliphatic rings. The largest absolute Gasteiger partial charge is 0.493 e. The van der Waals surface area contributed by atoms with Gasteiger partial charge in [0.25, 0.3) is 0 Å². The molecule has 0 saturated heterocycles. The Kier molecular flexibility index (Phi) is 5.30. The van der Waals surface area contributed by atoms with E-state index in [-0.39, 0.29) is 6.54 Å². The van der Waals surface area contributed by atoms with Crippen LogP contribution in [0.2, 0.25) is 10.0 Å². The van der Waals surface area contributed by atoms with Crippen LogP contribution in [0.5, 0.6) is 5.75 Å². The second-order valence-corrected chi connectivity index (χ2v) is 6.28. The van der Waals surface area contributed by atoms with Crippen LogP contribution in [0, 0.1) is 0 Å². The summed E-state index contributed by atoms with van der Waals surface area (Å²) in [5.41, 5.74) is 7.97. The van der Waals surface area contributed by atoms with E-state index in [9.17, 15) is 5.11 Å². The number of hydrogen-bond acceptors (Lipinski definition) is 4. The second-order valence-electron chi connectivity index (χ2n) is 5.49. The highest BCUT2D eigenvalue weighted by atomic mass is 35.5. The van der Waals surface area contributed by atoms with Crippen molar-refractivity contribution in [3.05, 3.63) is 34.7 Å². The van der Waals surface area contributed by atoms with Gasteiger partial charge < -0.3 is 20.6 Å². The van der Waals surface area contributed by atoms with E-state index in [4.69, 9.17) is 33.7 Å². The number of H-pyrrole nitrogens is 2. The number of aromatic nitrogens is 3. The van der Waals surface area contributed by atoms with Crippen molar-refractivity contribution < 1.29 is 9.84 Å². The van der Waals surface area contributed by atoms with E-state index in [1.807, 2.05) is 6.20 Å². The SMILES string of the molecule is NCC(O)CCCOc1cc(Cl)c(Cl)c2[nH]cc(-c3cn[nH]c3)c12. The monoisotopic (exact) mass is 368 g/mol. The molecule has 0 bridgehead atoms. The molecule has 2 aromatic heterocycles. The van der Waals surface area contributed by atoms with Crippen molar-refractivity contribution in [1.29, 1.82) is 0 Å². The molecule has 1 atom stereocenters. The van der Waals surface area contributed by atoms with Crippen LogP contribution in [0.3, 0.4) is 0 Å². The molecule has 24 heavy (non-hydrogen) atoms. The fraction of sp³-hybridized carbons (Fsp3) is 0.312. The lowest BCUT2D eigenvalue weighted by molar-refractivity contribution is 0.160. The molecule has 5 N–H and O–H groups in total. The Morgan fingerprint density at radius 2 is 2.17 bits per heavy atom. The summed E-state index contributed by atoms with van der Waals surface area (Å²) in [4.78, 5) is 3.15. The van der Waals surface area contributed by atoms with Gasteiger partial charge in [0, 0.05) is 36.1 Å². The van der Waals surface area contributed by atoms with Gasteiger partial charge in [-0.2, -0.15) is 5.10 Å². The lowest BCUT2D eigenvalue weighted by Crippen LogP contribution is -2.20. The Morgan fingerprint density at radius 3 is 2.88 bits per heavy atom. The molecule has 3 rings (SSSR count). The van der Waals surface area contributed by atoms with Crippen LogP contribution >= 0.6 is 23.2 Å². The number of fused-ring (bicyclic) bond motifs is 1. The van der Waals surface area contributed by atoms with Gasteiger partial charge in [-0.3, -0.25) is 5.10 Å². The van der Waals surface area contributed by atoms with E-state index in [2.05, 4.69) is 15.2 Å². The number of nitrogens with one attached hydrogen (secondary N) is 2.